The van der Waals surface area contributed by atoms with Crippen molar-refractivity contribution in [3.05, 3.63) is 83.9 Å². The van der Waals surface area contributed by atoms with Crippen molar-refractivity contribution >= 4 is 5.91 Å². The van der Waals surface area contributed by atoms with E-state index >= 15 is 0 Å². The monoisotopic (exact) mass is 531 g/mol. The molecule has 0 aromatic heterocycles. The number of aryl methyl sites for hydroxylation is 1. The van der Waals surface area contributed by atoms with Crippen LogP contribution >= 0.6 is 0 Å². The van der Waals surface area contributed by atoms with Crippen LogP contribution in [0, 0.1) is 0 Å². The van der Waals surface area contributed by atoms with Gasteiger partial charge in [-0.25, -0.2) is 0 Å². The molecule has 1 amide bonds. The molecule has 3 aromatic rings. The van der Waals surface area contributed by atoms with Crippen molar-refractivity contribution in [1.82, 2.24) is 5.32 Å². The lowest BCUT2D eigenvalue weighted by Crippen LogP contribution is -2.36. The van der Waals surface area contributed by atoms with E-state index in [4.69, 9.17) is 14.2 Å². The number of rotatable bonds is 14. The highest BCUT2D eigenvalue weighted by Gasteiger charge is 2.15. The van der Waals surface area contributed by atoms with Crippen molar-refractivity contribution in [2.45, 2.75) is 76.7 Å². The highest BCUT2D eigenvalue weighted by Crippen LogP contribution is 2.26. The molecule has 0 spiro atoms. The average molecular weight is 532 g/mol. The number of methoxy groups -OCH3 is 1. The molecule has 0 aliphatic heterocycles. The summed E-state index contributed by atoms with van der Waals surface area (Å²) in [5.74, 6) is 1.44. The molecule has 1 saturated carbocycles. The molecular weight excluding hydrogens is 490 g/mol. The van der Waals surface area contributed by atoms with E-state index in [0.717, 1.165) is 30.4 Å². The van der Waals surface area contributed by atoms with Crippen LogP contribution in [-0.2, 0) is 22.6 Å². The fourth-order valence-electron chi connectivity index (χ4n) is 4.96. The van der Waals surface area contributed by atoms with Crippen LogP contribution in [0.3, 0.4) is 0 Å². The highest BCUT2D eigenvalue weighted by molar-refractivity contribution is 5.76. The topological polar surface area (TPSA) is 77.0 Å². The van der Waals surface area contributed by atoms with Crippen LogP contribution in [0.2, 0.25) is 0 Å². The minimum Gasteiger partial charge on any atom is -0.496 e. The second-order valence-corrected chi connectivity index (χ2v) is 10.2. The van der Waals surface area contributed by atoms with Crippen LogP contribution in [0.5, 0.6) is 11.5 Å². The van der Waals surface area contributed by atoms with Crippen LogP contribution in [0.1, 0.15) is 62.5 Å². The van der Waals surface area contributed by atoms with Gasteiger partial charge in [0.2, 0.25) is 5.91 Å². The minimum absolute atomic E-state index is 0.110. The Hall–Kier alpha value is -3.35. The summed E-state index contributed by atoms with van der Waals surface area (Å²) >= 11 is 0. The molecule has 3 aromatic carbocycles. The molecule has 2 N–H and O–H groups in total. The predicted molar refractivity (Wildman–Crippen MR) is 154 cm³/mol. The van der Waals surface area contributed by atoms with Crippen LogP contribution in [-0.4, -0.2) is 37.1 Å². The summed E-state index contributed by atoms with van der Waals surface area (Å²) in [6.07, 6.45) is 7.36. The third-order valence-electron chi connectivity index (χ3n) is 7.22. The zero-order valence-corrected chi connectivity index (χ0v) is 22.9. The Labute approximate surface area is 232 Å². The zero-order chi connectivity index (χ0) is 27.3. The van der Waals surface area contributed by atoms with Gasteiger partial charge < -0.3 is 24.6 Å². The van der Waals surface area contributed by atoms with Gasteiger partial charge in [0, 0.05) is 30.5 Å². The number of carbonyl (C=O) groups excluding carboxylic acids is 1. The molecule has 208 valence electrons. The van der Waals surface area contributed by atoms with Crippen LogP contribution < -0.4 is 14.8 Å². The number of carbonyl (C=O) groups is 1. The molecule has 4 rings (SSSR count). The molecule has 1 aliphatic carbocycles. The van der Waals surface area contributed by atoms with Gasteiger partial charge in [-0.2, -0.15) is 0 Å². The maximum absolute atomic E-state index is 12.2. The Morgan fingerprint density at radius 2 is 1.72 bits per heavy atom. The SMILES string of the molecule is COc1cc(OCCCC(=O)NC2CCCCC2)ccc1COC(O)CCc1ccc(-c2ccccc2)cc1. The van der Waals surface area contributed by atoms with Crippen molar-refractivity contribution in [1.29, 1.82) is 0 Å². The van der Waals surface area contributed by atoms with Crippen molar-refractivity contribution in [3.8, 4) is 22.6 Å². The Balaban J connectivity index is 1.16. The van der Waals surface area contributed by atoms with E-state index in [1.165, 1.54) is 30.4 Å². The lowest BCUT2D eigenvalue weighted by molar-refractivity contribution is -0.122. The Morgan fingerprint density at radius 1 is 0.974 bits per heavy atom. The normalized spacial score (nSPS) is 14.5. The first-order chi connectivity index (χ1) is 19.1. The second-order valence-electron chi connectivity index (χ2n) is 10.2. The van der Waals surface area contributed by atoms with Gasteiger partial charge in [-0.3, -0.25) is 4.79 Å². The smallest absolute Gasteiger partial charge is 0.220 e. The standard InChI is InChI=1S/C33H41NO5/c1-37-31-23-30(38-22-8-13-32(35)34-29-11-6-3-7-12-29)20-19-28(31)24-39-33(36)21-16-25-14-17-27(18-15-25)26-9-4-2-5-10-26/h2,4-5,9-10,14-15,17-20,23,29,33,36H,3,6-8,11-13,16,21-22,24H2,1H3,(H,34,35). The van der Waals surface area contributed by atoms with Crippen molar-refractivity contribution in [2.75, 3.05) is 13.7 Å². The van der Waals surface area contributed by atoms with Gasteiger partial charge in [0.05, 0.1) is 20.3 Å². The number of ether oxygens (including phenoxy) is 3. The molecule has 0 saturated heterocycles. The number of amides is 1. The van der Waals surface area contributed by atoms with E-state index in [1.807, 2.05) is 36.4 Å². The first-order valence-corrected chi connectivity index (χ1v) is 14.1. The summed E-state index contributed by atoms with van der Waals surface area (Å²) in [7, 11) is 1.60. The lowest BCUT2D eigenvalue weighted by Gasteiger charge is -2.22. The van der Waals surface area contributed by atoms with Crippen LogP contribution in [0.15, 0.2) is 72.8 Å². The molecule has 1 aliphatic rings. The molecule has 6 nitrogen and oxygen atoms in total. The van der Waals surface area contributed by atoms with Gasteiger partial charge >= 0.3 is 0 Å². The van der Waals surface area contributed by atoms with E-state index in [2.05, 4.69) is 41.7 Å². The number of benzene rings is 3. The van der Waals surface area contributed by atoms with Gasteiger partial charge in [-0.05, 0) is 54.5 Å². The van der Waals surface area contributed by atoms with Crippen molar-refractivity contribution in [3.63, 3.8) is 0 Å². The fourth-order valence-corrected chi connectivity index (χ4v) is 4.96. The number of aliphatic hydroxyl groups excluding tert-OH is 1. The van der Waals surface area contributed by atoms with Crippen molar-refractivity contribution in [2.24, 2.45) is 0 Å². The maximum Gasteiger partial charge on any atom is 0.220 e. The van der Waals surface area contributed by atoms with E-state index in [0.29, 0.717) is 43.4 Å². The summed E-state index contributed by atoms with van der Waals surface area (Å²) in [4.78, 5) is 12.2. The summed E-state index contributed by atoms with van der Waals surface area (Å²) in [6, 6.07) is 24.6. The zero-order valence-electron chi connectivity index (χ0n) is 22.9. The van der Waals surface area contributed by atoms with E-state index in [9.17, 15) is 9.90 Å². The Kier molecular flexibility index (Phi) is 11.2. The second kappa shape index (κ2) is 15.3. The average Bonchev–Trinajstić information content (AvgIpc) is 2.98. The number of hydrogen-bond donors (Lipinski definition) is 2. The molecule has 6 heteroatoms. The van der Waals surface area contributed by atoms with Gasteiger partial charge in [0.15, 0.2) is 6.29 Å². The maximum atomic E-state index is 12.2. The highest BCUT2D eigenvalue weighted by atomic mass is 16.6. The fraction of sp³-hybridized carbons (Fsp3) is 0.424. The first-order valence-electron chi connectivity index (χ1n) is 14.1. The predicted octanol–water partition coefficient (Wildman–Crippen LogP) is 6.44. The molecule has 1 fully saturated rings. The van der Waals surface area contributed by atoms with Gasteiger partial charge in [0.1, 0.15) is 11.5 Å². The number of nitrogens with one attached hydrogen (secondary N) is 1. The van der Waals surface area contributed by atoms with Crippen LogP contribution in [0.25, 0.3) is 11.1 Å². The Bertz CT molecular complexity index is 1140. The van der Waals surface area contributed by atoms with E-state index in [1.54, 1.807) is 7.11 Å². The lowest BCUT2D eigenvalue weighted by atomic mass is 9.95. The molecule has 0 bridgehead atoms. The summed E-state index contributed by atoms with van der Waals surface area (Å²) < 4.78 is 17.1. The Morgan fingerprint density at radius 3 is 2.46 bits per heavy atom. The van der Waals surface area contributed by atoms with E-state index in [-0.39, 0.29) is 12.5 Å². The van der Waals surface area contributed by atoms with E-state index < -0.39 is 6.29 Å². The largest absolute Gasteiger partial charge is 0.496 e. The molecule has 0 radical (unpaired) electrons. The third kappa shape index (κ3) is 9.41. The molecule has 0 heterocycles. The summed E-state index contributed by atoms with van der Waals surface area (Å²) in [5.41, 5.74) is 4.36. The molecule has 1 atom stereocenters. The third-order valence-corrected chi connectivity index (χ3v) is 7.22. The molecular formula is C33H41NO5. The van der Waals surface area contributed by atoms with Crippen LogP contribution in [0.4, 0.5) is 0 Å². The quantitative estimate of drug-likeness (QED) is 0.185. The number of aliphatic hydroxyl groups is 1. The molecule has 1 unspecified atom stereocenters. The minimum atomic E-state index is -0.876. The van der Waals surface area contributed by atoms with Gasteiger partial charge in [0.25, 0.3) is 0 Å². The molecule has 39 heavy (non-hydrogen) atoms. The van der Waals surface area contributed by atoms with Gasteiger partial charge in [-0.15, -0.1) is 0 Å². The first kappa shape index (κ1) is 28.7. The summed E-state index contributed by atoms with van der Waals surface area (Å²) in [6.45, 7) is 0.695. The number of hydrogen-bond acceptors (Lipinski definition) is 5. The van der Waals surface area contributed by atoms with Gasteiger partial charge in [-0.1, -0.05) is 73.9 Å². The van der Waals surface area contributed by atoms with Crippen molar-refractivity contribution < 1.29 is 24.1 Å². The summed E-state index contributed by atoms with van der Waals surface area (Å²) in [5, 5.41) is 13.5.